The number of thioether (sulfide) groups is 1. The minimum absolute atomic E-state index is 0.0915. The predicted molar refractivity (Wildman–Crippen MR) is 82.5 cm³/mol. The number of hydrogen-bond acceptors (Lipinski definition) is 5. The first-order valence-electron chi connectivity index (χ1n) is 6.81. The van der Waals surface area contributed by atoms with Crippen LogP contribution in [0.2, 0.25) is 0 Å². The van der Waals surface area contributed by atoms with Gasteiger partial charge < -0.3 is 4.42 Å². The molecule has 1 atom stereocenters. The highest BCUT2D eigenvalue weighted by molar-refractivity contribution is 8.01. The topological polar surface area (TPSA) is 83.8 Å². The zero-order valence-electron chi connectivity index (χ0n) is 11.4. The number of hydrogen-bond donors (Lipinski definition) is 2. The number of furan rings is 1. The number of carbonyl (C=O) groups is 1. The monoisotopic (exact) mass is 312 g/mol. The number of amides is 1. The number of anilines is 1. The smallest absolute Gasteiger partial charge is 0.249 e. The van der Waals surface area contributed by atoms with E-state index >= 15 is 0 Å². The van der Waals surface area contributed by atoms with E-state index in [0.717, 1.165) is 11.3 Å². The fraction of sp³-hybridized carbons (Fsp3) is 0.133. The molecule has 0 aliphatic carbocycles. The Kier molecular flexibility index (Phi) is 3.19. The van der Waals surface area contributed by atoms with E-state index in [0.29, 0.717) is 11.6 Å². The molecule has 1 aromatic carbocycles. The van der Waals surface area contributed by atoms with Gasteiger partial charge in [-0.15, -0.1) is 16.9 Å². The van der Waals surface area contributed by atoms with Crippen molar-refractivity contribution in [2.24, 2.45) is 0 Å². The average Bonchev–Trinajstić information content (AvgIpc) is 3.26. The van der Waals surface area contributed by atoms with Crippen molar-refractivity contribution in [3.63, 3.8) is 0 Å². The fourth-order valence-corrected chi connectivity index (χ4v) is 3.56. The zero-order valence-corrected chi connectivity index (χ0v) is 12.3. The Morgan fingerprint density at radius 1 is 1.32 bits per heavy atom. The van der Waals surface area contributed by atoms with Crippen LogP contribution in [0.1, 0.15) is 5.56 Å². The average molecular weight is 312 g/mol. The van der Waals surface area contributed by atoms with Gasteiger partial charge in [0, 0.05) is 4.90 Å². The normalized spacial score (nSPS) is 16.5. The number of fused-ring (bicyclic) bond motifs is 1. The van der Waals surface area contributed by atoms with Gasteiger partial charge in [-0.3, -0.25) is 15.2 Å². The molecule has 0 bridgehead atoms. The van der Waals surface area contributed by atoms with E-state index in [1.54, 1.807) is 30.2 Å². The Balaban J connectivity index is 1.45. The third-order valence-corrected chi connectivity index (χ3v) is 4.73. The van der Waals surface area contributed by atoms with E-state index in [1.807, 2.05) is 18.2 Å². The molecule has 2 aromatic heterocycles. The van der Waals surface area contributed by atoms with Gasteiger partial charge >= 0.3 is 0 Å². The summed E-state index contributed by atoms with van der Waals surface area (Å²) in [5.41, 5.74) is 1.21. The van der Waals surface area contributed by atoms with Crippen LogP contribution in [-0.4, -0.2) is 26.3 Å². The van der Waals surface area contributed by atoms with E-state index in [-0.39, 0.29) is 17.1 Å². The van der Waals surface area contributed by atoms with Gasteiger partial charge in [0.15, 0.2) is 11.6 Å². The van der Waals surface area contributed by atoms with Crippen molar-refractivity contribution in [3.05, 3.63) is 48.2 Å². The van der Waals surface area contributed by atoms with Crippen molar-refractivity contribution in [3.8, 4) is 11.6 Å². The molecular formula is C15H12N4O2S. The van der Waals surface area contributed by atoms with E-state index in [9.17, 15) is 4.79 Å². The van der Waals surface area contributed by atoms with Crippen LogP contribution < -0.4 is 5.32 Å². The number of aromatic nitrogens is 3. The summed E-state index contributed by atoms with van der Waals surface area (Å²) >= 11 is 1.57. The van der Waals surface area contributed by atoms with Crippen LogP contribution in [0.3, 0.4) is 0 Å². The number of rotatable bonds is 3. The third-order valence-electron chi connectivity index (χ3n) is 3.41. The molecule has 0 radical (unpaired) electrons. The predicted octanol–water partition coefficient (Wildman–Crippen LogP) is 2.72. The summed E-state index contributed by atoms with van der Waals surface area (Å²) in [6.07, 6.45) is 2.28. The number of nitrogens with one attached hydrogen (secondary N) is 2. The van der Waals surface area contributed by atoms with Crippen LogP contribution in [0.25, 0.3) is 11.6 Å². The van der Waals surface area contributed by atoms with Crippen LogP contribution in [0.5, 0.6) is 0 Å². The molecule has 0 saturated heterocycles. The second-order valence-electron chi connectivity index (χ2n) is 4.89. The van der Waals surface area contributed by atoms with Gasteiger partial charge in [0.1, 0.15) is 0 Å². The summed E-state index contributed by atoms with van der Waals surface area (Å²) in [5, 5.41) is 9.34. The lowest BCUT2D eigenvalue weighted by Gasteiger charge is -2.06. The van der Waals surface area contributed by atoms with Crippen molar-refractivity contribution in [1.29, 1.82) is 0 Å². The zero-order chi connectivity index (χ0) is 14.9. The summed E-state index contributed by atoms with van der Waals surface area (Å²) in [7, 11) is 0. The molecule has 6 nitrogen and oxygen atoms in total. The van der Waals surface area contributed by atoms with Crippen molar-refractivity contribution < 1.29 is 9.21 Å². The third kappa shape index (κ3) is 2.39. The van der Waals surface area contributed by atoms with Crippen LogP contribution in [-0.2, 0) is 11.2 Å². The molecule has 0 unspecified atom stereocenters. The maximum absolute atomic E-state index is 12.3. The molecule has 4 rings (SSSR count). The molecule has 0 spiro atoms. The lowest BCUT2D eigenvalue weighted by atomic mass is 10.1. The minimum Gasteiger partial charge on any atom is -0.461 e. The summed E-state index contributed by atoms with van der Waals surface area (Å²) in [6, 6.07) is 11.6. The van der Waals surface area contributed by atoms with Gasteiger partial charge in [-0.2, -0.15) is 4.98 Å². The molecule has 3 heterocycles. The first-order valence-corrected chi connectivity index (χ1v) is 7.69. The quantitative estimate of drug-likeness (QED) is 0.777. The second kappa shape index (κ2) is 5.34. The fourth-order valence-electron chi connectivity index (χ4n) is 2.36. The molecular weight excluding hydrogens is 300 g/mol. The summed E-state index contributed by atoms with van der Waals surface area (Å²) in [5.74, 6) is 1.23. The summed E-state index contributed by atoms with van der Waals surface area (Å²) in [6.45, 7) is 0. The van der Waals surface area contributed by atoms with Gasteiger partial charge in [0.05, 0.1) is 11.5 Å². The molecule has 22 heavy (non-hydrogen) atoms. The van der Waals surface area contributed by atoms with Gasteiger partial charge in [-0.05, 0) is 30.2 Å². The van der Waals surface area contributed by atoms with Crippen molar-refractivity contribution in [1.82, 2.24) is 15.2 Å². The van der Waals surface area contributed by atoms with E-state index in [2.05, 4.69) is 26.6 Å². The largest absolute Gasteiger partial charge is 0.461 e. The number of nitrogens with zero attached hydrogens (tertiary/aromatic N) is 2. The lowest BCUT2D eigenvalue weighted by molar-refractivity contribution is -0.115. The first-order chi connectivity index (χ1) is 10.8. The van der Waals surface area contributed by atoms with Crippen LogP contribution >= 0.6 is 11.8 Å². The van der Waals surface area contributed by atoms with E-state index in [1.165, 1.54) is 5.56 Å². The molecule has 1 aliphatic heterocycles. The van der Waals surface area contributed by atoms with Crippen molar-refractivity contribution in [2.75, 3.05) is 5.32 Å². The molecule has 1 amide bonds. The van der Waals surface area contributed by atoms with Crippen LogP contribution in [0.4, 0.5) is 5.95 Å². The Labute approximate surface area is 130 Å². The maximum atomic E-state index is 12.3. The highest BCUT2D eigenvalue weighted by Crippen LogP contribution is 2.37. The SMILES string of the molecule is O=C(Nc1n[nH]c(-c2ccco2)n1)[C@@H]1Cc2ccccc2S1. The van der Waals surface area contributed by atoms with Crippen LogP contribution in [0.15, 0.2) is 52.0 Å². The Morgan fingerprint density at radius 3 is 3.05 bits per heavy atom. The Morgan fingerprint density at radius 2 is 2.23 bits per heavy atom. The summed E-state index contributed by atoms with van der Waals surface area (Å²) < 4.78 is 5.23. The number of carbonyl (C=O) groups excluding carboxylic acids is 1. The lowest BCUT2D eigenvalue weighted by Crippen LogP contribution is -2.25. The second-order valence-corrected chi connectivity index (χ2v) is 6.14. The standard InChI is InChI=1S/C15H12N4O2S/c20-14(12-8-9-4-1-2-6-11(9)22-12)17-15-16-13(18-19-15)10-5-3-7-21-10/h1-7,12H,8H2,(H2,16,17,18,19,20)/t12-/m0/s1. The number of aromatic amines is 1. The molecule has 3 aromatic rings. The van der Waals surface area contributed by atoms with Gasteiger partial charge in [-0.1, -0.05) is 18.2 Å². The van der Waals surface area contributed by atoms with Gasteiger partial charge in [0.25, 0.3) is 0 Å². The van der Waals surface area contributed by atoms with Crippen LogP contribution in [0, 0.1) is 0 Å². The Hall–Kier alpha value is -2.54. The molecule has 0 fully saturated rings. The summed E-state index contributed by atoms with van der Waals surface area (Å²) in [4.78, 5) is 17.7. The highest BCUT2D eigenvalue weighted by Gasteiger charge is 2.28. The van der Waals surface area contributed by atoms with Gasteiger partial charge in [-0.25, -0.2) is 0 Å². The van der Waals surface area contributed by atoms with E-state index < -0.39 is 0 Å². The molecule has 0 saturated carbocycles. The number of H-pyrrole nitrogens is 1. The minimum atomic E-state index is -0.150. The van der Waals surface area contributed by atoms with Crippen molar-refractivity contribution in [2.45, 2.75) is 16.6 Å². The Bertz CT molecular complexity index is 788. The van der Waals surface area contributed by atoms with Crippen molar-refractivity contribution >= 4 is 23.6 Å². The number of benzene rings is 1. The highest BCUT2D eigenvalue weighted by atomic mass is 32.2. The first kappa shape index (κ1) is 13.1. The molecule has 7 heteroatoms. The molecule has 1 aliphatic rings. The van der Waals surface area contributed by atoms with E-state index in [4.69, 9.17) is 4.42 Å². The molecule has 110 valence electrons. The van der Waals surface area contributed by atoms with Gasteiger partial charge in [0.2, 0.25) is 11.9 Å². The maximum Gasteiger partial charge on any atom is 0.249 e. The molecule has 2 N–H and O–H groups in total.